The lowest BCUT2D eigenvalue weighted by Crippen LogP contribution is -2.31. The summed E-state index contributed by atoms with van der Waals surface area (Å²) in [5.41, 5.74) is 10.3. The van der Waals surface area contributed by atoms with Gasteiger partial charge >= 0.3 is 0 Å². The Labute approximate surface area is 166 Å². The van der Waals surface area contributed by atoms with Gasteiger partial charge in [0.2, 0.25) is 5.91 Å². The topological polar surface area (TPSA) is 68.5 Å². The highest BCUT2D eigenvalue weighted by Crippen LogP contribution is 2.32. The molecule has 1 aromatic heterocycles. The minimum absolute atomic E-state index is 0. The largest absolute Gasteiger partial charge is 0.489 e. The van der Waals surface area contributed by atoms with Crippen LogP contribution in [0.2, 0.25) is 0 Å². The van der Waals surface area contributed by atoms with Crippen LogP contribution < -0.4 is 15.4 Å². The van der Waals surface area contributed by atoms with Crippen LogP contribution in [0.1, 0.15) is 37.7 Å². The van der Waals surface area contributed by atoms with Crippen LogP contribution >= 0.6 is 12.4 Å². The lowest BCUT2D eigenvalue weighted by atomic mass is 9.93. The van der Waals surface area contributed by atoms with Gasteiger partial charge in [-0.15, -0.1) is 12.4 Å². The van der Waals surface area contributed by atoms with Crippen molar-refractivity contribution < 1.29 is 9.53 Å². The standard InChI is InChI=1S/C21H25N3O2.ClH/c1-24-20-8-2-14(10-15(20)3-9-21(24)25)16-11-19(13-23-12-16)26-18-6-4-17(22)5-7-18;/h2,8,10-13,17-18H,3-7,9,22H2,1H3;1H/t17-,18-;. The molecule has 1 aromatic carbocycles. The van der Waals surface area contributed by atoms with E-state index >= 15 is 0 Å². The summed E-state index contributed by atoms with van der Waals surface area (Å²) in [6.45, 7) is 0. The average Bonchev–Trinajstić information content (AvgIpc) is 2.67. The van der Waals surface area contributed by atoms with Crippen LogP contribution in [0.15, 0.2) is 36.7 Å². The zero-order valence-electron chi connectivity index (χ0n) is 15.6. The smallest absolute Gasteiger partial charge is 0.227 e. The molecule has 1 saturated carbocycles. The molecule has 1 amide bonds. The van der Waals surface area contributed by atoms with Crippen molar-refractivity contribution in [3.8, 4) is 16.9 Å². The van der Waals surface area contributed by atoms with Gasteiger partial charge in [-0.2, -0.15) is 0 Å². The molecule has 5 nitrogen and oxygen atoms in total. The summed E-state index contributed by atoms with van der Waals surface area (Å²) in [5, 5.41) is 0. The first-order valence-corrected chi connectivity index (χ1v) is 9.37. The van der Waals surface area contributed by atoms with Crippen molar-refractivity contribution >= 4 is 24.0 Å². The van der Waals surface area contributed by atoms with E-state index < -0.39 is 0 Å². The predicted molar refractivity (Wildman–Crippen MR) is 110 cm³/mol. The third-order valence-electron chi connectivity index (χ3n) is 5.49. The molecule has 2 aliphatic rings. The number of rotatable bonds is 3. The molecule has 2 heterocycles. The van der Waals surface area contributed by atoms with E-state index in [0.717, 1.165) is 54.7 Å². The van der Waals surface area contributed by atoms with E-state index in [2.05, 4.69) is 17.1 Å². The molecule has 0 radical (unpaired) electrons. The number of nitrogens with two attached hydrogens (primary N) is 1. The normalized spacial score (nSPS) is 22.0. The average molecular weight is 388 g/mol. The van der Waals surface area contributed by atoms with Crippen LogP contribution in [0.5, 0.6) is 5.75 Å². The summed E-state index contributed by atoms with van der Waals surface area (Å²) < 4.78 is 6.14. The minimum atomic E-state index is 0. The summed E-state index contributed by atoms with van der Waals surface area (Å²) in [4.78, 5) is 18.0. The molecule has 0 saturated heterocycles. The van der Waals surface area contributed by atoms with Gasteiger partial charge in [0.1, 0.15) is 5.75 Å². The number of anilines is 1. The van der Waals surface area contributed by atoms with E-state index in [1.807, 2.05) is 25.4 Å². The molecule has 27 heavy (non-hydrogen) atoms. The van der Waals surface area contributed by atoms with Gasteiger partial charge in [0, 0.05) is 37.0 Å². The van der Waals surface area contributed by atoms with Crippen molar-refractivity contribution in [1.29, 1.82) is 0 Å². The number of amides is 1. The number of carbonyl (C=O) groups is 1. The second-order valence-electron chi connectivity index (χ2n) is 7.36. The van der Waals surface area contributed by atoms with Crippen LogP contribution in [0.4, 0.5) is 5.69 Å². The number of ether oxygens (including phenoxy) is 1. The fourth-order valence-electron chi connectivity index (χ4n) is 3.88. The number of nitrogens with zero attached hydrogens (tertiary/aromatic N) is 2. The van der Waals surface area contributed by atoms with Crippen molar-refractivity contribution in [3.05, 3.63) is 42.2 Å². The number of hydrogen-bond acceptors (Lipinski definition) is 4. The molecule has 1 aliphatic heterocycles. The Morgan fingerprint density at radius 2 is 1.85 bits per heavy atom. The predicted octanol–water partition coefficient (Wildman–Crippen LogP) is 3.73. The highest BCUT2D eigenvalue weighted by atomic mass is 35.5. The van der Waals surface area contributed by atoms with Crippen LogP contribution in [-0.2, 0) is 11.2 Å². The molecular formula is C21H26ClN3O2. The first-order chi connectivity index (χ1) is 12.6. The van der Waals surface area contributed by atoms with Gasteiger partial charge in [-0.25, -0.2) is 0 Å². The zero-order chi connectivity index (χ0) is 18.1. The maximum absolute atomic E-state index is 11.9. The molecule has 6 heteroatoms. The van der Waals surface area contributed by atoms with Gasteiger partial charge in [-0.05, 0) is 61.4 Å². The highest BCUT2D eigenvalue weighted by molar-refractivity contribution is 5.96. The molecular weight excluding hydrogens is 362 g/mol. The molecule has 0 bridgehead atoms. The molecule has 4 rings (SSSR count). The highest BCUT2D eigenvalue weighted by Gasteiger charge is 2.22. The molecule has 144 valence electrons. The number of carbonyl (C=O) groups excluding carboxylic acids is 1. The van der Waals surface area contributed by atoms with Gasteiger partial charge < -0.3 is 15.4 Å². The summed E-state index contributed by atoms with van der Waals surface area (Å²) in [6, 6.07) is 8.62. The van der Waals surface area contributed by atoms with Crippen molar-refractivity contribution in [3.63, 3.8) is 0 Å². The summed E-state index contributed by atoms with van der Waals surface area (Å²) in [7, 11) is 1.84. The van der Waals surface area contributed by atoms with Crippen LogP contribution in [-0.4, -0.2) is 30.1 Å². The number of aryl methyl sites for hydroxylation is 1. The monoisotopic (exact) mass is 387 g/mol. The third-order valence-corrected chi connectivity index (χ3v) is 5.49. The second kappa shape index (κ2) is 8.28. The van der Waals surface area contributed by atoms with Crippen LogP contribution in [0.3, 0.4) is 0 Å². The molecule has 0 spiro atoms. The molecule has 1 fully saturated rings. The molecule has 2 N–H and O–H groups in total. The van der Waals surface area contributed by atoms with E-state index in [4.69, 9.17) is 10.5 Å². The van der Waals surface area contributed by atoms with Crippen molar-refractivity contribution in [2.45, 2.75) is 50.7 Å². The Balaban J connectivity index is 0.00000210. The van der Waals surface area contributed by atoms with E-state index in [0.29, 0.717) is 12.5 Å². The van der Waals surface area contributed by atoms with E-state index in [1.54, 1.807) is 11.1 Å². The summed E-state index contributed by atoms with van der Waals surface area (Å²) in [5.74, 6) is 0.988. The minimum Gasteiger partial charge on any atom is -0.489 e. The van der Waals surface area contributed by atoms with Crippen molar-refractivity contribution in [2.24, 2.45) is 5.73 Å². The first-order valence-electron chi connectivity index (χ1n) is 9.37. The Morgan fingerprint density at radius 1 is 1.07 bits per heavy atom. The SMILES string of the molecule is CN1C(=O)CCc2cc(-c3cncc(O[C@H]4CC[C@H](N)CC4)c3)ccc21.Cl. The number of pyridine rings is 1. The number of hydrogen-bond donors (Lipinski definition) is 1. The maximum Gasteiger partial charge on any atom is 0.227 e. The molecule has 2 aromatic rings. The molecule has 0 unspecified atom stereocenters. The van der Waals surface area contributed by atoms with Gasteiger partial charge in [0.15, 0.2) is 0 Å². The quantitative estimate of drug-likeness (QED) is 0.871. The van der Waals surface area contributed by atoms with Gasteiger partial charge in [0.25, 0.3) is 0 Å². The number of halogens is 1. The van der Waals surface area contributed by atoms with E-state index in [9.17, 15) is 4.79 Å². The fourth-order valence-corrected chi connectivity index (χ4v) is 3.88. The van der Waals surface area contributed by atoms with Crippen molar-refractivity contribution in [2.75, 3.05) is 11.9 Å². The van der Waals surface area contributed by atoms with Crippen molar-refractivity contribution in [1.82, 2.24) is 4.98 Å². The first kappa shape index (κ1) is 19.6. The Hall–Kier alpha value is -2.11. The second-order valence-corrected chi connectivity index (χ2v) is 7.36. The van der Waals surface area contributed by atoms with Gasteiger partial charge in [0.05, 0.1) is 12.3 Å². The van der Waals surface area contributed by atoms with Gasteiger partial charge in [-0.3, -0.25) is 9.78 Å². The fraction of sp³-hybridized carbons (Fsp3) is 0.429. The van der Waals surface area contributed by atoms with E-state index in [1.165, 1.54) is 5.56 Å². The summed E-state index contributed by atoms with van der Waals surface area (Å²) in [6.07, 6.45) is 9.29. The van der Waals surface area contributed by atoms with E-state index in [-0.39, 0.29) is 24.4 Å². The molecule has 0 atom stereocenters. The lowest BCUT2D eigenvalue weighted by molar-refractivity contribution is -0.118. The number of fused-ring (bicyclic) bond motifs is 1. The zero-order valence-corrected chi connectivity index (χ0v) is 16.4. The van der Waals surface area contributed by atoms with Crippen LogP contribution in [0.25, 0.3) is 11.1 Å². The van der Waals surface area contributed by atoms with Crippen LogP contribution in [0, 0.1) is 0 Å². The Morgan fingerprint density at radius 3 is 2.63 bits per heavy atom. The molecule has 1 aliphatic carbocycles. The number of benzene rings is 1. The Bertz CT molecular complexity index is 819. The summed E-state index contributed by atoms with van der Waals surface area (Å²) >= 11 is 0. The number of aromatic nitrogens is 1. The third kappa shape index (κ3) is 4.25. The van der Waals surface area contributed by atoms with Gasteiger partial charge in [-0.1, -0.05) is 6.07 Å². The lowest BCUT2D eigenvalue weighted by Gasteiger charge is -2.27. The Kier molecular flexibility index (Phi) is 6.02. The maximum atomic E-state index is 11.9.